The number of nitrogens with zero attached hydrogens (tertiary/aromatic N) is 2. The summed E-state index contributed by atoms with van der Waals surface area (Å²) in [5.74, 6) is -4.34. The summed E-state index contributed by atoms with van der Waals surface area (Å²) in [6.45, 7) is -1.36. The highest BCUT2D eigenvalue weighted by Gasteiger charge is 2.53. The number of benzene rings is 1. The van der Waals surface area contributed by atoms with Crippen LogP contribution in [0.2, 0.25) is 4.34 Å². The molecule has 1 aliphatic heterocycles. The molecule has 0 bridgehead atoms. The number of aromatic nitrogens is 1. The third-order valence-corrected chi connectivity index (χ3v) is 9.00. The topological polar surface area (TPSA) is 79.4 Å². The van der Waals surface area contributed by atoms with Gasteiger partial charge in [-0.1, -0.05) is 23.7 Å². The Bertz CT molecular complexity index is 1380. The van der Waals surface area contributed by atoms with Gasteiger partial charge >= 0.3 is 6.18 Å². The van der Waals surface area contributed by atoms with Gasteiger partial charge in [0.2, 0.25) is 5.91 Å². The van der Waals surface area contributed by atoms with Crippen LogP contribution in [0.15, 0.2) is 58.9 Å². The lowest BCUT2D eigenvalue weighted by atomic mass is 10.0. The summed E-state index contributed by atoms with van der Waals surface area (Å²) in [6.07, 6.45) is -4.08. The summed E-state index contributed by atoms with van der Waals surface area (Å²) < 4.78 is 92.9. The van der Waals surface area contributed by atoms with Crippen molar-refractivity contribution in [2.45, 2.75) is 35.3 Å². The SMILES string of the molecule is O=C(NCc1cc(-c2ccc(C(F)(F)F)cc2)ccn1)[C@@H]1CC(F)(F)CN1S(=O)(=O)c1ccc(Cl)s1. The monoisotopic (exact) mass is 565 g/mol. The van der Waals surface area contributed by atoms with Gasteiger partial charge in [-0.3, -0.25) is 9.78 Å². The molecule has 4 rings (SSSR count). The van der Waals surface area contributed by atoms with Crippen LogP contribution in [-0.2, 0) is 27.5 Å². The number of halogens is 6. The molecule has 1 N–H and O–H groups in total. The average Bonchev–Trinajstić information content (AvgIpc) is 3.40. The van der Waals surface area contributed by atoms with Gasteiger partial charge in [0.25, 0.3) is 15.9 Å². The molecule has 192 valence electrons. The zero-order valence-electron chi connectivity index (χ0n) is 18.1. The summed E-state index contributed by atoms with van der Waals surface area (Å²) in [7, 11) is -4.39. The molecule has 1 amide bonds. The smallest absolute Gasteiger partial charge is 0.349 e. The molecule has 3 aromatic rings. The van der Waals surface area contributed by atoms with Crippen LogP contribution in [0, 0.1) is 0 Å². The largest absolute Gasteiger partial charge is 0.416 e. The molecule has 3 heterocycles. The number of carbonyl (C=O) groups excluding carboxylic acids is 1. The van der Waals surface area contributed by atoms with Crippen molar-refractivity contribution in [2.24, 2.45) is 0 Å². The van der Waals surface area contributed by atoms with E-state index >= 15 is 0 Å². The van der Waals surface area contributed by atoms with Crippen molar-refractivity contribution in [2.75, 3.05) is 6.54 Å². The molecular formula is C22H17ClF5N3O3S2. The lowest BCUT2D eigenvalue weighted by Crippen LogP contribution is -2.45. The van der Waals surface area contributed by atoms with E-state index in [0.717, 1.165) is 12.1 Å². The highest BCUT2D eigenvalue weighted by molar-refractivity contribution is 7.91. The first-order chi connectivity index (χ1) is 16.8. The molecule has 1 saturated heterocycles. The van der Waals surface area contributed by atoms with Gasteiger partial charge in [0, 0.05) is 12.6 Å². The fourth-order valence-electron chi connectivity index (χ4n) is 3.72. The predicted octanol–water partition coefficient (Wildman–Crippen LogP) is 5.20. The molecular weight excluding hydrogens is 549 g/mol. The van der Waals surface area contributed by atoms with E-state index in [9.17, 15) is 35.2 Å². The standard InChI is InChI=1S/C22H17ClF5N3O3S2/c23-18-5-6-19(35-18)36(33,34)31-12-21(24,25)10-17(31)20(32)30-11-16-9-14(7-8-29-16)13-1-3-15(4-2-13)22(26,27)28/h1-9,17H,10-12H2,(H,30,32)/t17-/m0/s1. The molecule has 0 aliphatic carbocycles. The molecule has 2 aromatic heterocycles. The van der Waals surface area contributed by atoms with Crippen molar-refractivity contribution in [1.82, 2.24) is 14.6 Å². The van der Waals surface area contributed by atoms with Gasteiger partial charge in [0.15, 0.2) is 0 Å². The summed E-state index contributed by atoms with van der Waals surface area (Å²) in [6, 6.07) is 8.40. The van der Waals surface area contributed by atoms with Crippen molar-refractivity contribution in [3.63, 3.8) is 0 Å². The van der Waals surface area contributed by atoms with Gasteiger partial charge < -0.3 is 5.32 Å². The number of alkyl halides is 5. The Morgan fingerprint density at radius 3 is 2.44 bits per heavy atom. The Kier molecular flexibility index (Phi) is 7.12. The van der Waals surface area contributed by atoms with Crippen LogP contribution in [0.25, 0.3) is 11.1 Å². The zero-order chi connectivity index (χ0) is 26.3. The zero-order valence-corrected chi connectivity index (χ0v) is 20.5. The molecule has 1 fully saturated rings. The highest BCUT2D eigenvalue weighted by atomic mass is 35.5. The third kappa shape index (κ3) is 5.69. The molecule has 6 nitrogen and oxygen atoms in total. The van der Waals surface area contributed by atoms with E-state index < -0.39 is 52.6 Å². The average molecular weight is 566 g/mol. The quantitative estimate of drug-likeness (QED) is 0.417. The van der Waals surface area contributed by atoms with Gasteiger partial charge in [0.1, 0.15) is 10.3 Å². The van der Waals surface area contributed by atoms with Gasteiger partial charge in [-0.25, -0.2) is 17.2 Å². The van der Waals surface area contributed by atoms with Crippen LogP contribution in [0.4, 0.5) is 22.0 Å². The molecule has 0 spiro atoms. The number of pyridine rings is 1. The predicted molar refractivity (Wildman–Crippen MR) is 123 cm³/mol. The summed E-state index contributed by atoms with van der Waals surface area (Å²) in [4.78, 5) is 16.9. The maximum absolute atomic E-state index is 14.2. The van der Waals surface area contributed by atoms with E-state index in [1.807, 2.05) is 0 Å². The number of rotatable bonds is 6. The van der Waals surface area contributed by atoms with Crippen LogP contribution in [-0.4, -0.2) is 42.1 Å². The maximum Gasteiger partial charge on any atom is 0.416 e. The third-order valence-electron chi connectivity index (χ3n) is 5.45. The lowest BCUT2D eigenvalue weighted by molar-refractivity contribution is -0.137. The second-order valence-electron chi connectivity index (χ2n) is 8.01. The number of thiophene rings is 1. The van der Waals surface area contributed by atoms with Crippen LogP contribution in [0.3, 0.4) is 0 Å². The summed E-state index contributed by atoms with van der Waals surface area (Å²) >= 11 is 6.48. The first-order valence-corrected chi connectivity index (χ1v) is 12.9. The van der Waals surface area contributed by atoms with E-state index in [-0.39, 0.29) is 15.1 Å². The number of amides is 1. The minimum atomic E-state index is -4.47. The van der Waals surface area contributed by atoms with E-state index in [2.05, 4.69) is 10.3 Å². The number of hydrogen-bond donors (Lipinski definition) is 1. The normalized spacial score (nSPS) is 18.3. The van der Waals surface area contributed by atoms with Crippen LogP contribution in [0.1, 0.15) is 17.7 Å². The van der Waals surface area contributed by atoms with E-state index in [1.165, 1.54) is 36.5 Å². The molecule has 1 aliphatic rings. The van der Waals surface area contributed by atoms with Gasteiger partial charge in [0.05, 0.1) is 28.7 Å². The Morgan fingerprint density at radius 2 is 1.83 bits per heavy atom. The minimum absolute atomic E-state index is 0.152. The van der Waals surface area contributed by atoms with E-state index in [4.69, 9.17) is 11.6 Å². The van der Waals surface area contributed by atoms with Crippen molar-refractivity contribution in [1.29, 1.82) is 0 Å². The first-order valence-electron chi connectivity index (χ1n) is 10.3. The van der Waals surface area contributed by atoms with E-state index in [0.29, 0.717) is 32.5 Å². The Balaban J connectivity index is 1.49. The molecule has 1 atom stereocenters. The second-order valence-corrected chi connectivity index (χ2v) is 11.8. The molecule has 14 heteroatoms. The van der Waals surface area contributed by atoms with Crippen molar-refractivity contribution in [3.8, 4) is 11.1 Å². The van der Waals surface area contributed by atoms with Gasteiger partial charge in [-0.2, -0.15) is 17.5 Å². The first kappa shape index (κ1) is 26.5. The molecule has 36 heavy (non-hydrogen) atoms. The maximum atomic E-state index is 14.2. The van der Waals surface area contributed by atoms with Crippen LogP contribution < -0.4 is 5.32 Å². The molecule has 0 unspecified atom stereocenters. The van der Waals surface area contributed by atoms with Gasteiger partial charge in [-0.15, -0.1) is 11.3 Å². The van der Waals surface area contributed by atoms with Gasteiger partial charge in [-0.05, 0) is 47.5 Å². The Labute approximate surface area is 211 Å². The summed E-state index contributed by atoms with van der Waals surface area (Å²) in [5.41, 5.74) is 0.491. The van der Waals surface area contributed by atoms with Crippen molar-refractivity contribution >= 4 is 38.9 Å². The lowest BCUT2D eigenvalue weighted by Gasteiger charge is -2.21. The number of nitrogens with one attached hydrogen (secondary N) is 1. The minimum Gasteiger partial charge on any atom is -0.349 e. The second kappa shape index (κ2) is 9.69. The fourth-order valence-corrected chi connectivity index (χ4v) is 6.94. The summed E-state index contributed by atoms with van der Waals surface area (Å²) in [5, 5.41) is 2.43. The van der Waals surface area contributed by atoms with Crippen molar-refractivity contribution in [3.05, 3.63) is 70.3 Å². The van der Waals surface area contributed by atoms with Crippen LogP contribution >= 0.6 is 22.9 Å². The van der Waals surface area contributed by atoms with Crippen LogP contribution in [0.5, 0.6) is 0 Å². The van der Waals surface area contributed by atoms with Crippen molar-refractivity contribution < 1.29 is 35.2 Å². The number of sulfonamides is 1. The number of hydrogen-bond acceptors (Lipinski definition) is 5. The highest BCUT2D eigenvalue weighted by Crippen LogP contribution is 2.38. The Morgan fingerprint density at radius 1 is 1.14 bits per heavy atom. The molecule has 1 aromatic carbocycles. The van der Waals surface area contributed by atoms with E-state index in [1.54, 1.807) is 6.07 Å². The Hall–Kier alpha value is -2.61. The number of carbonyl (C=O) groups is 1. The molecule has 0 saturated carbocycles. The molecule has 0 radical (unpaired) electrons. The fraction of sp³-hybridized carbons (Fsp3) is 0.273.